The molecule has 0 spiro atoms. The first kappa shape index (κ1) is 17.7. The summed E-state index contributed by atoms with van der Waals surface area (Å²) in [4.78, 5) is 24.8. The van der Waals surface area contributed by atoms with E-state index in [0.717, 1.165) is 5.56 Å². The Labute approximate surface area is 143 Å². The molecule has 24 heavy (non-hydrogen) atoms. The molecule has 1 atom stereocenters. The highest BCUT2D eigenvalue weighted by atomic mass is 16.2. The first-order chi connectivity index (χ1) is 11.3. The van der Waals surface area contributed by atoms with Gasteiger partial charge in [-0.1, -0.05) is 48.5 Å². The van der Waals surface area contributed by atoms with Crippen LogP contribution in [0.5, 0.6) is 0 Å². The normalized spacial score (nSPS) is 12.3. The third kappa shape index (κ3) is 5.54. The van der Waals surface area contributed by atoms with Gasteiger partial charge in [0.1, 0.15) is 0 Å². The van der Waals surface area contributed by atoms with E-state index in [0.29, 0.717) is 5.56 Å². The molecule has 2 N–H and O–H groups in total. The van der Waals surface area contributed by atoms with E-state index in [1.807, 2.05) is 69.3 Å². The lowest BCUT2D eigenvalue weighted by Crippen LogP contribution is -2.42. The highest BCUT2D eigenvalue weighted by Crippen LogP contribution is 2.18. The number of carbonyl (C=O) groups excluding carboxylic acids is 2. The van der Waals surface area contributed by atoms with Crippen molar-refractivity contribution in [3.63, 3.8) is 0 Å². The van der Waals surface area contributed by atoms with Crippen LogP contribution in [0.4, 0.5) is 0 Å². The van der Waals surface area contributed by atoms with E-state index in [1.165, 1.54) is 0 Å². The summed E-state index contributed by atoms with van der Waals surface area (Å²) in [6.07, 6.45) is 0.194. The molecule has 4 heteroatoms. The maximum atomic E-state index is 12.5. The van der Waals surface area contributed by atoms with E-state index in [2.05, 4.69) is 10.6 Å². The first-order valence-corrected chi connectivity index (χ1v) is 8.07. The second-order valence-corrected chi connectivity index (χ2v) is 6.81. The van der Waals surface area contributed by atoms with Crippen molar-refractivity contribution in [2.45, 2.75) is 38.8 Å². The summed E-state index contributed by atoms with van der Waals surface area (Å²) in [5, 5.41) is 5.91. The second-order valence-electron chi connectivity index (χ2n) is 6.81. The molecule has 0 aliphatic carbocycles. The van der Waals surface area contributed by atoms with Crippen LogP contribution in [0.3, 0.4) is 0 Å². The lowest BCUT2D eigenvalue weighted by Gasteiger charge is -2.24. The van der Waals surface area contributed by atoms with Crippen molar-refractivity contribution in [3.8, 4) is 0 Å². The van der Waals surface area contributed by atoms with Crippen molar-refractivity contribution in [2.24, 2.45) is 0 Å². The fraction of sp³-hybridized carbons (Fsp3) is 0.300. The van der Waals surface area contributed by atoms with Gasteiger partial charge in [0.05, 0.1) is 12.5 Å². The average Bonchev–Trinajstić information content (AvgIpc) is 2.54. The maximum absolute atomic E-state index is 12.5. The lowest BCUT2D eigenvalue weighted by molar-refractivity contribution is -0.122. The van der Waals surface area contributed by atoms with E-state index in [-0.39, 0.29) is 29.8 Å². The number of amides is 2. The fourth-order valence-electron chi connectivity index (χ4n) is 2.42. The van der Waals surface area contributed by atoms with Crippen LogP contribution in [-0.2, 0) is 4.79 Å². The van der Waals surface area contributed by atoms with Crippen LogP contribution in [-0.4, -0.2) is 17.4 Å². The molecule has 2 aromatic carbocycles. The summed E-state index contributed by atoms with van der Waals surface area (Å²) < 4.78 is 0. The molecule has 126 valence electrons. The minimum Gasteiger partial charge on any atom is -0.351 e. The van der Waals surface area contributed by atoms with Gasteiger partial charge < -0.3 is 10.6 Å². The van der Waals surface area contributed by atoms with E-state index >= 15 is 0 Å². The van der Waals surface area contributed by atoms with E-state index < -0.39 is 0 Å². The Bertz CT molecular complexity index is 676. The van der Waals surface area contributed by atoms with Crippen molar-refractivity contribution >= 4 is 11.8 Å². The molecule has 0 aliphatic heterocycles. The number of hydrogen-bond donors (Lipinski definition) is 2. The number of rotatable bonds is 5. The van der Waals surface area contributed by atoms with Crippen LogP contribution < -0.4 is 10.6 Å². The predicted molar refractivity (Wildman–Crippen MR) is 95.6 cm³/mol. The summed E-state index contributed by atoms with van der Waals surface area (Å²) in [6, 6.07) is 18.2. The molecule has 0 fully saturated rings. The third-order valence-electron chi connectivity index (χ3n) is 3.45. The van der Waals surface area contributed by atoms with Crippen molar-refractivity contribution in [1.82, 2.24) is 10.6 Å². The molecule has 2 rings (SSSR count). The molecule has 4 nitrogen and oxygen atoms in total. The molecular weight excluding hydrogens is 300 g/mol. The summed E-state index contributed by atoms with van der Waals surface area (Å²) in [5.74, 6) is -0.280. The number of hydrogen-bond acceptors (Lipinski definition) is 2. The average molecular weight is 324 g/mol. The molecule has 0 saturated heterocycles. The molecule has 0 heterocycles. The Balaban J connectivity index is 2.15. The van der Waals surface area contributed by atoms with Crippen LogP contribution in [0.2, 0.25) is 0 Å². The highest BCUT2D eigenvalue weighted by molar-refractivity contribution is 5.94. The van der Waals surface area contributed by atoms with E-state index in [4.69, 9.17) is 0 Å². The van der Waals surface area contributed by atoms with Gasteiger partial charge in [-0.2, -0.15) is 0 Å². The monoisotopic (exact) mass is 324 g/mol. The molecular formula is C20H24N2O2. The lowest BCUT2D eigenvalue weighted by atomic mass is 10.0. The predicted octanol–water partition coefficient (Wildman–Crippen LogP) is 3.46. The van der Waals surface area contributed by atoms with Crippen LogP contribution in [0.1, 0.15) is 49.2 Å². The third-order valence-corrected chi connectivity index (χ3v) is 3.45. The summed E-state index contributed by atoms with van der Waals surface area (Å²) in [7, 11) is 0. The van der Waals surface area contributed by atoms with Crippen molar-refractivity contribution in [3.05, 3.63) is 71.8 Å². The molecule has 2 aromatic rings. The molecule has 1 unspecified atom stereocenters. The topological polar surface area (TPSA) is 58.2 Å². The van der Waals surface area contributed by atoms with Gasteiger partial charge in [-0.15, -0.1) is 0 Å². The minimum absolute atomic E-state index is 0.0929. The SMILES string of the molecule is CC(C)(C)NC(=O)CC(NC(=O)c1ccccc1)c1ccccc1. The molecule has 0 bridgehead atoms. The Hall–Kier alpha value is -2.62. The van der Waals surface area contributed by atoms with Crippen molar-refractivity contribution in [2.75, 3.05) is 0 Å². The van der Waals surface area contributed by atoms with Gasteiger partial charge in [0.25, 0.3) is 5.91 Å². The first-order valence-electron chi connectivity index (χ1n) is 8.07. The summed E-state index contributed by atoms with van der Waals surface area (Å²) in [5.41, 5.74) is 1.18. The molecule has 2 amide bonds. The van der Waals surface area contributed by atoms with Gasteiger partial charge in [0, 0.05) is 11.1 Å². The second kappa shape index (κ2) is 7.77. The van der Waals surface area contributed by atoms with Crippen molar-refractivity contribution in [1.29, 1.82) is 0 Å². The number of benzene rings is 2. The zero-order valence-electron chi connectivity index (χ0n) is 14.4. The van der Waals surface area contributed by atoms with Crippen LogP contribution >= 0.6 is 0 Å². The van der Waals surface area contributed by atoms with Crippen molar-refractivity contribution < 1.29 is 9.59 Å². The summed E-state index contributed by atoms with van der Waals surface area (Å²) in [6.45, 7) is 5.81. The van der Waals surface area contributed by atoms with Crippen LogP contribution in [0.25, 0.3) is 0 Å². The Morgan fingerprint density at radius 1 is 0.917 bits per heavy atom. The largest absolute Gasteiger partial charge is 0.351 e. The van der Waals surface area contributed by atoms with Gasteiger partial charge in [0.2, 0.25) is 5.91 Å². The van der Waals surface area contributed by atoms with Gasteiger partial charge >= 0.3 is 0 Å². The van der Waals surface area contributed by atoms with E-state index in [9.17, 15) is 9.59 Å². The standard InChI is InChI=1S/C20H24N2O2/c1-20(2,3)22-18(23)14-17(15-10-6-4-7-11-15)21-19(24)16-12-8-5-9-13-16/h4-13,17H,14H2,1-3H3,(H,21,24)(H,22,23). The minimum atomic E-state index is -0.374. The Morgan fingerprint density at radius 2 is 1.46 bits per heavy atom. The quantitative estimate of drug-likeness (QED) is 0.885. The Kier molecular flexibility index (Phi) is 5.74. The summed E-state index contributed by atoms with van der Waals surface area (Å²) >= 11 is 0. The van der Waals surface area contributed by atoms with Gasteiger partial charge in [-0.3, -0.25) is 9.59 Å². The molecule has 0 saturated carbocycles. The fourth-order valence-corrected chi connectivity index (χ4v) is 2.42. The molecule has 0 aliphatic rings. The van der Waals surface area contributed by atoms with Crippen LogP contribution in [0, 0.1) is 0 Å². The smallest absolute Gasteiger partial charge is 0.251 e. The number of nitrogens with one attached hydrogen (secondary N) is 2. The number of carbonyl (C=O) groups is 2. The van der Waals surface area contributed by atoms with E-state index in [1.54, 1.807) is 12.1 Å². The maximum Gasteiger partial charge on any atom is 0.251 e. The molecule has 0 radical (unpaired) electrons. The zero-order chi connectivity index (χ0) is 17.6. The Morgan fingerprint density at radius 3 is 2.00 bits per heavy atom. The van der Waals surface area contributed by atoms with Crippen LogP contribution in [0.15, 0.2) is 60.7 Å². The van der Waals surface area contributed by atoms with Gasteiger partial charge in [-0.25, -0.2) is 0 Å². The molecule has 0 aromatic heterocycles. The van der Waals surface area contributed by atoms with Gasteiger partial charge in [0.15, 0.2) is 0 Å². The highest BCUT2D eigenvalue weighted by Gasteiger charge is 2.21. The van der Waals surface area contributed by atoms with Gasteiger partial charge in [-0.05, 0) is 38.5 Å². The zero-order valence-corrected chi connectivity index (χ0v) is 14.4.